The minimum Gasteiger partial charge on any atom is -0.481 e. The first-order valence-corrected chi connectivity index (χ1v) is 12.1. The lowest BCUT2D eigenvalue weighted by Crippen LogP contribution is -2.44. The van der Waals surface area contributed by atoms with Gasteiger partial charge in [-0.2, -0.15) is 0 Å². The molecule has 1 N–H and O–H groups in total. The van der Waals surface area contributed by atoms with Crippen LogP contribution < -0.4 is 4.90 Å². The van der Waals surface area contributed by atoms with E-state index in [0.717, 1.165) is 59.3 Å². The van der Waals surface area contributed by atoms with Crippen LogP contribution in [0.1, 0.15) is 31.7 Å². The number of nitrogens with zero attached hydrogens (tertiary/aromatic N) is 3. The lowest BCUT2D eigenvalue weighted by molar-refractivity contribution is -0.139. The second kappa shape index (κ2) is 9.84. The molecule has 0 aliphatic carbocycles. The van der Waals surface area contributed by atoms with Gasteiger partial charge in [-0.15, -0.1) is 11.3 Å². The Morgan fingerprint density at radius 3 is 2.38 bits per heavy atom. The molecule has 0 bridgehead atoms. The highest BCUT2D eigenvalue weighted by Gasteiger charge is 2.22. The largest absolute Gasteiger partial charge is 0.481 e. The molecule has 1 unspecified atom stereocenters. The summed E-state index contributed by atoms with van der Waals surface area (Å²) in [7, 11) is 2.16. The number of benzene rings is 2. The average Bonchev–Trinajstić information content (AvgIpc) is 3.28. The third-order valence-electron chi connectivity index (χ3n) is 6.05. The zero-order valence-electron chi connectivity index (χ0n) is 19.0. The number of carboxylic acids is 1. The van der Waals surface area contributed by atoms with Gasteiger partial charge in [-0.3, -0.25) is 4.79 Å². The van der Waals surface area contributed by atoms with Crippen LogP contribution in [0.4, 0.5) is 5.13 Å². The van der Waals surface area contributed by atoms with Crippen molar-refractivity contribution in [1.82, 2.24) is 9.88 Å². The zero-order chi connectivity index (χ0) is 22.7. The van der Waals surface area contributed by atoms with Crippen molar-refractivity contribution in [3.63, 3.8) is 0 Å². The summed E-state index contributed by atoms with van der Waals surface area (Å²) in [6.45, 7) is 8.28. The van der Waals surface area contributed by atoms with Crippen molar-refractivity contribution < 1.29 is 9.90 Å². The van der Waals surface area contributed by atoms with E-state index in [-0.39, 0.29) is 0 Å². The van der Waals surface area contributed by atoms with Gasteiger partial charge in [-0.25, -0.2) is 4.98 Å². The summed E-state index contributed by atoms with van der Waals surface area (Å²) in [6.07, 6.45) is 0.632. The van der Waals surface area contributed by atoms with E-state index in [0.29, 0.717) is 12.3 Å². The molecule has 1 fully saturated rings. The lowest BCUT2D eigenvalue weighted by Gasteiger charge is -2.32. The van der Waals surface area contributed by atoms with Gasteiger partial charge >= 0.3 is 5.97 Å². The fourth-order valence-corrected chi connectivity index (χ4v) is 5.07. The molecule has 5 nitrogen and oxygen atoms in total. The molecular formula is C26H31N3O2S. The van der Waals surface area contributed by atoms with Gasteiger partial charge in [0.25, 0.3) is 0 Å². The fraction of sp³-hybridized carbons (Fsp3) is 0.385. The summed E-state index contributed by atoms with van der Waals surface area (Å²) in [5.74, 6) is -0.923. The summed E-state index contributed by atoms with van der Waals surface area (Å²) in [6, 6.07) is 16.3. The van der Waals surface area contributed by atoms with Crippen LogP contribution in [0, 0.1) is 5.92 Å². The van der Waals surface area contributed by atoms with Crippen molar-refractivity contribution >= 4 is 22.4 Å². The van der Waals surface area contributed by atoms with Crippen molar-refractivity contribution in [2.24, 2.45) is 5.92 Å². The van der Waals surface area contributed by atoms with Crippen LogP contribution in [0.25, 0.3) is 22.4 Å². The molecule has 2 aromatic carbocycles. The highest BCUT2D eigenvalue weighted by atomic mass is 32.1. The Bertz CT molecular complexity index is 1070. The van der Waals surface area contributed by atoms with Crippen LogP contribution in [0.15, 0.2) is 53.9 Å². The molecule has 2 heterocycles. The quantitative estimate of drug-likeness (QED) is 0.520. The SMILES string of the molecule is CC(C)CC(C(=O)O)c1cccc(-c2cccc(-c3csc(N4CCN(C)CC4)n3)c2)c1. The van der Waals surface area contributed by atoms with Crippen molar-refractivity contribution in [3.8, 4) is 22.4 Å². The van der Waals surface area contributed by atoms with Gasteiger partial charge < -0.3 is 14.9 Å². The first-order chi connectivity index (χ1) is 15.4. The predicted octanol–water partition coefficient (Wildman–Crippen LogP) is 5.44. The zero-order valence-corrected chi connectivity index (χ0v) is 19.8. The number of anilines is 1. The number of hydrogen-bond acceptors (Lipinski definition) is 5. The van der Waals surface area contributed by atoms with Crippen LogP contribution >= 0.6 is 11.3 Å². The maximum absolute atomic E-state index is 11.9. The molecule has 0 amide bonds. The van der Waals surface area contributed by atoms with Gasteiger partial charge in [-0.1, -0.05) is 56.3 Å². The van der Waals surface area contributed by atoms with Gasteiger partial charge in [0, 0.05) is 37.1 Å². The Hall–Kier alpha value is -2.70. The van der Waals surface area contributed by atoms with Gasteiger partial charge in [0.15, 0.2) is 5.13 Å². The summed E-state index contributed by atoms with van der Waals surface area (Å²) in [4.78, 5) is 21.5. The van der Waals surface area contributed by atoms with E-state index in [1.54, 1.807) is 11.3 Å². The Morgan fingerprint density at radius 1 is 1.03 bits per heavy atom. The molecule has 1 aromatic heterocycles. The molecule has 32 heavy (non-hydrogen) atoms. The van der Waals surface area contributed by atoms with Crippen LogP contribution in [0.3, 0.4) is 0 Å². The third kappa shape index (κ3) is 5.19. The number of rotatable bonds is 7. The number of hydrogen-bond donors (Lipinski definition) is 1. The minimum absolute atomic E-state index is 0.322. The number of carboxylic acid groups (broad SMARTS) is 1. The first kappa shape index (κ1) is 22.5. The number of likely N-dealkylation sites (N-methyl/N-ethyl adjacent to an activating group) is 1. The van der Waals surface area contributed by atoms with E-state index < -0.39 is 11.9 Å². The number of aliphatic carboxylic acids is 1. The van der Waals surface area contributed by atoms with Crippen molar-refractivity contribution in [3.05, 3.63) is 59.5 Å². The molecule has 168 valence electrons. The van der Waals surface area contributed by atoms with Crippen LogP contribution in [-0.2, 0) is 4.79 Å². The molecule has 3 aromatic rings. The van der Waals surface area contributed by atoms with Gasteiger partial charge in [-0.05, 0) is 42.1 Å². The highest BCUT2D eigenvalue weighted by Crippen LogP contribution is 2.32. The number of aromatic nitrogens is 1. The Balaban J connectivity index is 1.58. The molecular weight excluding hydrogens is 418 g/mol. The number of carbonyl (C=O) groups is 1. The number of thiazole rings is 1. The van der Waals surface area contributed by atoms with E-state index in [4.69, 9.17) is 4.98 Å². The highest BCUT2D eigenvalue weighted by molar-refractivity contribution is 7.14. The summed E-state index contributed by atoms with van der Waals surface area (Å²) >= 11 is 1.70. The summed E-state index contributed by atoms with van der Waals surface area (Å²) < 4.78 is 0. The maximum Gasteiger partial charge on any atom is 0.310 e. The fourth-order valence-electron chi connectivity index (χ4n) is 4.18. The lowest BCUT2D eigenvalue weighted by atomic mass is 9.88. The minimum atomic E-state index is -0.761. The topological polar surface area (TPSA) is 56.7 Å². The molecule has 1 aliphatic rings. The predicted molar refractivity (Wildman–Crippen MR) is 133 cm³/mol. The maximum atomic E-state index is 11.9. The first-order valence-electron chi connectivity index (χ1n) is 11.2. The van der Waals surface area contributed by atoms with E-state index in [1.165, 1.54) is 0 Å². The third-order valence-corrected chi connectivity index (χ3v) is 6.95. The Labute approximate surface area is 194 Å². The molecule has 6 heteroatoms. The van der Waals surface area contributed by atoms with Crippen molar-refractivity contribution in [2.75, 3.05) is 38.1 Å². The monoisotopic (exact) mass is 449 g/mol. The van der Waals surface area contributed by atoms with E-state index in [2.05, 4.69) is 60.3 Å². The second-order valence-corrected chi connectivity index (χ2v) is 9.87. The van der Waals surface area contributed by atoms with Gasteiger partial charge in [0.1, 0.15) is 0 Å². The molecule has 0 radical (unpaired) electrons. The molecule has 1 aliphatic heterocycles. The molecule has 1 saturated heterocycles. The molecule has 4 rings (SSSR count). The van der Waals surface area contributed by atoms with Crippen LogP contribution in [-0.4, -0.2) is 54.2 Å². The van der Waals surface area contributed by atoms with Crippen LogP contribution in [0.2, 0.25) is 0 Å². The van der Waals surface area contributed by atoms with E-state index in [1.807, 2.05) is 24.3 Å². The van der Waals surface area contributed by atoms with Crippen molar-refractivity contribution in [2.45, 2.75) is 26.2 Å². The second-order valence-electron chi connectivity index (χ2n) is 9.03. The number of piperazine rings is 1. The molecule has 0 spiro atoms. The standard InChI is InChI=1S/C26H31N3O2S/c1-18(2)14-23(25(30)31)21-8-4-6-19(15-21)20-7-5-9-22(16-20)24-17-32-26(27-24)29-12-10-28(3)11-13-29/h4-9,15-18,23H,10-14H2,1-3H3,(H,30,31). The normalized spacial score (nSPS) is 15.8. The summed E-state index contributed by atoms with van der Waals surface area (Å²) in [5.41, 5.74) is 5.05. The smallest absolute Gasteiger partial charge is 0.310 e. The van der Waals surface area contributed by atoms with E-state index in [9.17, 15) is 9.90 Å². The Kier molecular flexibility index (Phi) is 6.92. The van der Waals surface area contributed by atoms with Crippen LogP contribution in [0.5, 0.6) is 0 Å². The Morgan fingerprint density at radius 2 is 1.69 bits per heavy atom. The van der Waals surface area contributed by atoms with Gasteiger partial charge in [0.05, 0.1) is 11.6 Å². The molecule has 0 saturated carbocycles. The average molecular weight is 450 g/mol. The van der Waals surface area contributed by atoms with E-state index >= 15 is 0 Å². The van der Waals surface area contributed by atoms with Crippen molar-refractivity contribution in [1.29, 1.82) is 0 Å². The van der Waals surface area contributed by atoms with Gasteiger partial charge in [0.2, 0.25) is 0 Å². The molecule has 1 atom stereocenters. The summed E-state index contributed by atoms with van der Waals surface area (Å²) in [5, 5.41) is 13.0.